The number of hydrogen-bond acceptors (Lipinski definition) is 13. The lowest BCUT2D eigenvalue weighted by atomic mass is 9.80. The molecule has 2 N–H and O–H groups in total. The average molecular weight is 884 g/mol. The first-order valence-electron chi connectivity index (χ1n) is 21.2. The van der Waals surface area contributed by atoms with Crippen molar-refractivity contribution in [3.05, 3.63) is 135 Å². The summed E-state index contributed by atoms with van der Waals surface area (Å²) in [5.74, 6) is -0.631. The van der Waals surface area contributed by atoms with Gasteiger partial charge in [-0.1, -0.05) is 72.8 Å². The van der Waals surface area contributed by atoms with Gasteiger partial charge in [-0.2, -0.15) is 0 Å². The minimum absolute atomic E-state index is 0.000437. The summed E-state index contributed by atoms with van der Waals surface area (Å²) in [5, 5.41) is 0. The van der Waals surface area contributed by atoms with Crippen LogP contribution in [-0.2, 0) is 47.6 Å². The number of quaternary nitrogens is 1. The van der Waals surface area contributed by atoms with Gasteiger partial charge in [0.15, 0.2) is 12.0 Å². The van der Waals surface area contributed by atoms with Gasteiger partial charge in [0.25, 0.3) is 13.4 Å². The zero-order valence-electron chi connectivity index (χ0n) is 36.5. The van der Waals surface area contributed by atoms with Gasteiger partial charge in [-0.3, -0.25) is 18.9 Å². The third kappa shape index (κ3) is 12.4. The molecule has 2 saturated heterocycles. The molecule has 17 heteroatoms. The van der Waals surface area contributed by atoms with Crippen molar-refractivity contribution in [3.8, 4) is 5.75 Å². The molecule has 5 atom stereocenters. The Morgan fingerprint density at radius 1 is 0.839 bits per heavy atom. The Hall–Kier alpha value is -4.03. The molecule has 3 aromatic carbocycles. The Kier molecular flexibility index (Phi) is 18.6. The van der Waals surface area contributed by atoms with Crippen LogP contribution >= 0.6 is 7.82 Å². The summed E-state index contributed by atoms with van der Waals surface area (Å²) in [7, 11) is -2.05. The van der Waals surface area contributed by atoms with E-state index in [9.17, 15) is 19.0 Å². The lowest BCUT2D eigenvalue weighted by Gasteiger charge is -2.41. The molecule has 4 aromatic rings. The van der Waals surface area contributed by atoms with Gasteiger partial charge in [-0.15, -0.1) is 0 Å². The highest BCUT2D eigenvalue weighted by Gasteiger charge is 2.54. The molecule has 0 spiro atoms. The second-order valence-corrected chi connectivity index (χ2v) is 16.1. The quantitative estimate of drug-likeness (QED) is 0.0534. The number of benzene rings is 3. The van der Waals surface area contributed by atoms with Gasteiger partial charge in [-0.25, -0.2) is 4.79 Å². The predicted octanol–water partition coefficient (Wildman–Crippen LogP) is 3.83. The monoisotopic (exact) mass is 883 g/mol. The first-order chi connectivity index (χ1) is 30.0. The van der Waals surface area contributed by atoms with E-state index in [0.29, 0.717) is 25.6 Å². The normalized spacial score (nSPS) is 20.9. The van der Waals surface area contributed by atoms with Crippen LogP contribution in [0.3, 0.4) is 0 Å². The molecule has 1 unspecified atom stereocenters. The van der Waals surface area contributed by atoms with E-state index in [1.54, 1.807) is 18.9 Å². The van der Waals surface area contributed by atoms with Gasteiger partial charge in [0, 0.05) is 38.8 Å². The van der Waals surface area contributed by atoms with Crippen molar-refractivity contribution in [1.29, 1.82) is 0 Å². The summed E-state index contributed by atoms with van der Waals surface area (Å²) in [4.78, 5) is 42.9. The van der Waals surface area contributed by atoms with Crippen LogP contribution in [0, 0.1) is 0 Å². The predicted molar refractivity (Wildman–Crippen MR) is 229 cm³/mol. The molecule has 1 aromatic heterocycles. The number of methoxy groups -OCH3 is 2. The number of nitrogens with one attached hydrogen (secondary N) is 2. The standard InChI is InChI=1S/C39H47N2O13P.C6H15N/c1-4-48-25-26-51-55(44,45)54-34-32(52-36(41-22-19-33(42)40-37(41)43)35(34)53-38(47-3)20-23-49-24-21-38)27-50-39(28-11-7-5-8-12-28,29-13-9-6-10-14-29)30-15-17-31(46-2)18-16-30;1-4-7(5-2)6-3/h5-19,22,32,34-36H,4,20-21,23-27H2,1-3H3,(H,44,45)(H,40,42,43);4-6H2,1-3H3/t32-,34-,35-,36-;/m1./s1. The molecule has 2 fully saturated rings. The fraction of sp³-hybridized carbons (Fsp3) is 0.511. The molecule has 2 aliphatic heterocycles. The van der Waals surface area contributed by atoms with Crippen LogP contribution in [0.2, 0.25) is 0 Å². The Balaban J connectivity index is 0.000000955. The minimum atomic E-state index is -5.10. The Labute approximate surface area is 363 Å². The van der Waals surface area contributed by atoms with E-state index >= 15 is 0 Å². The first kappa shape index (κ1) is 49.0. The molecule has 0 aliphatic carbocycles. The van der Waals surface area contributed by atoms with Crippen LogP contribution in [0.5, 0.6) is 5.75 Å². The lowest BCUT2D eigenvalue weighted by Crippen LogP contribution is -3.11. The van der Waals surface area contributed by atoms with Crippen molar-refractivity contribution in [2.45, 2.75) is 76.5 Å². The van der Waals surface area contributed by atoms with Crippen molar-refractivity contribution < 1.29 is 56.6 Å². The zero-order chi connectivity index (χ0) is 44.6. The number of H-pyrrole nitrogens is 1. The van der Waals surface area contributed by atoms with Crippen molar-refractivity contribution in [1.82, 2.24) is 9.55 Å². The van der Waals surface area contributed by atoms with Crippen molar-refractivity contribution in [2.75, 3.05) is 73.5 Å². The molecule has 6 rings (SSSR count). The summed E-state index contributed by atoms with van der Waals surface area (Å²) in [6, 6.07) is 27.7. The van der Waals surface area contributed by atoms with E-state index in [4.69, 9.17) is 42.2 Å². The van der Waals surface area contributed by atoms with Gasteiger partial charge in [0.2, 0.25) is 0 Å². The molecule has 340 valence electrons. The first-order valence-corrected chi connectivity index (χ1v) is 22.7. The Morgan fingerprint density at radius 2 is 1.44 bits per heavy atom. The molecular weight excluding hydrogens is 821 g/mol. The topological polar surface area (TPSA) is 182 Å². The van der Waals surface area contributed by atoms with Gasteiger partial charge in [-0.05, 0) is 56.5 Å². The smallest absolute Gasteiger partial charge is 0.330 e. The summed E-state index contributed by atoms with van der Waals surface area (Å²) in [6.07, 6.45) is -3.52. The molecule has 0 radical (unpaired) electrons. The van der Waals surface area contributed by atoms with Crippen molar-refractivity contribution in [3.63, 3.8) is 0 Å². The van der Waals surface area contributed by atoms with Gasteiger partial charge in [0.1, 0.15) is 29.7 Å². The van der Waals surface area contributed by atoms with Crippen LogP contribution in [0.25, 0.3) is 0 Å². The van der Waals surface area contributed by atoms with Crippen molar-refractivity contribution in [2.24, 2.45) is 0 Å². The fourth-order valence-electron chi connectivity index (χ4n) is 7.66. The fourth-order valence-corrected chi connectivity index (χ4v) is 8.57. The van der Waals surface area contributed by atoms with E-state index in [1.165, 1.54) is 32.9 Å². The average Bonchev–Trinajstić information content (AvgIpc) is 3.61. The lowest BCUT2D eigenvalue weighted by molar-refractivity contribution is -0.894. The SMILES string of the molecule is CCOCCOP(=O)([O-])O[C@H]1[C@@H](OC2(OC)CCOCC2)[C@H](n2ccc(=O)[nH]c2=O)O[C@@H]1COC(c1ccccc1)(c1ccccc1)c1ccc(OC)cc1.CC[NH+](CC)CC. The van der Waals surface area contributed by atoms with Gasteiger partial charge < -0.3 is 52.0 Å². The number of hydrogen-bond donors (Lipinski definition) is 2. The number of phosphoric ester groups is 1. The molecule has 0 amide bonds. The van der Waals surface area contributed by atoms with Crippen LogP contribution in [0.4, 0.5) is 0 Å². The summed E-state index contributed by atoms with van der Waals surface area (Å²) in [6.45, 7) is 12.6. The number of rotatable bonds is 21. The molecular formula is C45H62N3O13P. The highest BCUT2D eigenvalue weighted by Crippen LogP contribution is 2.48. The third-order valence-corrected chi connectivity index (χ3v) is 12.1. The van der Waals surface area contributed by atoms with Crippen molar-refractivity contribution >= 4 is 7.82 Å². The maximum atomic E-state index is 13.6. The van der Waals surface area contributed by atoms with Crippen LogP contribution in [0.1, 0.15) is 63.5 Å². The molecule has 0 saturated carbocycles. The molecule has 62 heavy (non-hydrogen) atoms. The largest absolute Gasteiger partial charge is 0.756 e. The minimum Gasteiger partial charge on any atom is -0.756 e. The zero-order valence-corrected chi connectivity index (χ0v) is 37.4. The molecule has 3 heterocycles. The second-order valence-electron chi connectivity index (χ2n) is 14.7. The van der Waals surface area contributed by atoms with E-state index in [-0.39, 0.29) is 32.7 Å². The third-order valence-electron chi connectivity index (χ3n) is 11.1. The number of phosphoric acid groups is 1. The molecule has 2 aliphatic rings. The van der Waals surface area contributed by atoms with E-state index < -0.39 is 55.0 Å². The van der Waals surface area contributed by atoms with Gasteiger partial charge in [0.05, 0.1) is 59.8 Å². The maximum absolute atomic E-state index is 13.6. The van der Waals surface area contributed by atoms with Gasteiger partial charge >= 0.3 is 5.69 Å². The van der Waals surface area contributed by atoms with E-state index in [2.05, 4.69) is 25.8 Å². The van der Waals surface area contributed by atoms with E-state index in [0.717, 1.165) is 27.3 Å². The van der Waals surface area contributed by atoms with Crippen LogP contribution in [0.15, 0.2) is 107 Å². The van der Waals surface area contributed by atoms with Crippen LogP contribution < -0.4 is 25.8 Å². The maximum Gasteiger partial charge on any atom is 0.330 e. The molecule has 0 bridgehead atoms. The Bertz CT molecular complexity index is 2030. The summed E-state index contributed by atoms with van der Waals surface area (Å²) >= 11 is 0. The highest BCUT2D eigenvalue weighted by molar-refractivity contribution is 7.45. The van der Waals surface area contributed by atoms with E-state index in [1.807, 2.05) is 84.9 Å². The Morgan fingerprint density at radius 3 is 1.95 bits per heavy atom. The summed E-state index contributed by atoms with van der Waals surface area (Å²) in [5.41, 5.74) is -0.477. The highest BCUT2D eigenvalue weighted by atomic mass is 31.2. The number of ether oxygens (including phenoxy) is 7. The summed E-state index contributed by atoms with van der Waals surface area (Å²) < 4.78 is 68.3. The number of nitrogens with zero attached hydrogens (tertiary/aromatic N) is 1. The number of aromatic amines is 1. The second kappa shape index (κ2) is 23.6. The van der Waals surface area contributed by atoms with Crippen LogP contribution in [-0.4, -0.2) is 107 Å². The number of aromatic nitrogens is 2. The molecule has 16 nitrogen and oxygen atoms in total.